The third kappa shape index (κ3) is 3.16. The van der Waals surface area contributed by atoms with E-state index in [2.05, 4.69) is 47.6 Å². The van der Waals surface area contributed by atoms with Crippen molar-refractivity contribution in [2.45, 2.75) is 38.8 Å². The molecule has 0 fully saturated rings. The Labute approximate surface area is 137 Å². The van der Waals surface area contributed by atoms with Crippen LogP contribution in [0.25, 0.3) is 0 Å². The van der Waals surface area contributed by atoms with E-state index in [0.717, 1.165) is 35.6 Å². The van der Waals surface area contributed by atoms with Gasteiger partial charge in [-0.2, -0.15) is 5.11 Å². The fourth-order valence-electron chi connectivity index (χ4n) is 2.84. The van der Waals surface area contributed by atoms with Crippen LogP contribution in [0.1, 0.15) is 32.3 Å². The zero-order valence-electron chi connectivity index (χ0n) is 13.7. The maximum atomic E-state index is 4.77. The van der Waals surface area contributed by atoms with E-state index in [0.29, 0.717) is 6.54 Å². The molecule has 1 heterocycles. The lowest BCUT2D eigenvalue weighted by atomic mass is 9.89. The largest absolute Gasteiger partial charge is 0.371 e. The van der Waals surface area contributed by atoms with Crippen LogP contribution in [-0.2, 0) is 6.54 Å². The van der Waals surface area contributed by atoms with Gasteiger partial charge in [-0.1, -0.05) is 56.3 Å². The number of benzene rings is 2. The Hall–Kier alpha value is -2.49. The summed E-state index contributed by atoms with van der Waals surface area (Å²) in [6, 6.07) is 18.2. The van der Waals surface area contributed by atoms with Crippen LogP contribution in [0.15, 0.2) is 69.8 Å². The van der Waals surface area contributed by atoms with Gasteiger partial charge < -0.3 is 5.32 Å². The molecule has 0 saturated carbocycles. The average molecular weight is 306 g/mol. The van der Waals surface area contributed by atoms with Crippen LogP contribution in [0.5, 0.6) is 0 Å². The topological polar surface area (TPSA) is 49.1 Å². The molecule has 0 radical (unpaired) electrons. The van der Waals surface area contributed by atoms with Crippen molar-refractivity contribution in [3.8, 4) is 0 Å². The van der Waals surface area contributed by atoms with Crippen LogP contribution in [0.3, 0.4) is 0 Å². The standard InChI is InChI=1S/C19H22N4/c1-3-19(4-2)18(21-16-12-8-9-13-17(16)22-19)23-20-14-15-10-6-5-7-11-15/h5-13,22H,3-4,14H2,1-2H3. The van der Waals surface area contributed by atoms with Crippen molar-refractivity contribution in [2.24, 2.45) is 15.2 Å². The van der Waals surface area contributed by atoms with Crippen LogP contribution in [0.2, 0.25) is 0 Å². The Morgan fingerprint density at radius 2 is 1.65 bits per heavy atom. The summed E-state index contributed by atoms with van der Waals surface area (Å²) in [6.07, 6.45) is 1.84. The minimum absolute atomic E-state index is 0.242. The van der Waals surface area contributed by atoms with E-state index in [4.69, 9.17) is 4.99 Å². The minimum Gasteiger partial charge on any atom is -0.371 e. The smallest absolute Gasteiger partial charge is 0.176 e. The molecule has 3 rings (SSSR count). The monoisotopic (exact) mass is 306 g/mol. The van der Waals surface area contributed by atoms with Crippen molar-refractivity contribution in [3.05, 3.63) is 60.2 Å². The number of nitrogens with zero attached hydrogens (tertiary/aromatic N) is 3. The molecule has 0 aliphatic carbocycles. The summed E-state index contributed by atoms with van der Waals surface area (Å²) in [7, 11) is 0. The third-order valence-electron chi connectivity index (χ3n) is 4.40. The number of hydrogen-bond donors (Lipinski definition) is 1. The quantitative estimate of drug-likeness (QED) is 0.760. The van der Waals surface area contributed by atoms with Gasteiger partial charge >= 0.3 is 0 Å². The maximum absolute atomic E-state index is 4.77. The Morgan fingerprint density at radius 3 is 2.39 bits per heavy atom. The van der Waals surface area contributed by atoms with Gasteiger partial charge in [0.25, 0.3) is 0 Å². The molecule has 0 bridgehead atoms. The second-order valence-corrected chi connectivity index (χ2v) is 5.75. The second-order valence-electron chi connectivity index (χ2n) is 5.75. The summed E-state index contributed by atoms with van der Waals surface area (Å²) in [4.78, 5) is 4.77. The fraction of sp³-hybridized carbons (Fsp3) is 0.316. The first-order chi connectivity index (χ1) is 11.3. The number of azo groups is 1. The van der Waals surface area contributed by atoms with Crippen molar-refractivity contribution < 1.29 is 0 Å². The van der Waals surface area contributed by atoms with E-state index in [1.54, 1.807) is 0 Å². The Balaban J connectivity index is 1.89. The predicted molar refractivity (Wildman–Crippen MR) is 95.5 cm³/mol. The molecule has 0 aromatic heterocycles. The normalized spacial score (nSPS) is 15.8. The third-order valence-corrected chi connectivity index (χ3v) is 4.40. The van der Waals surface area contributed by atoms with E-state index < -0.39 is 0 Å². The first-order valence-electron chi connectivity index (χ1n) is 8.15. The van der Waals surface area contributed by atoms with Crippen molar-refractivity contribution in [2.75, 3.05) is 5.32 Å². The number of nitrogens with one attached hydrogen (secondary N) is 1. The molecular formula is C19H22N4. The predicted octanol–water partition coefficient (Wildman–Crippen LogP) is 5.35. The van der Waals surface area contributed by atoms with E-state index in [-0.39, 0.29) is 5.54 Å². The van der Waals surface area contributed by atoms with E-state index in [1.165, 1.54) is 0 Å². The molecule has 0 saturated heterocycles. The first-order valence-corrected chi connectivity index (χ1v) is 8.15. The van der Waals surface area contributed by atoms with Crippen molar-refractivity contribution >= 4 is 17.2 Å². The van der Waals surface area contributed by atoms with Crippen LogP contribution in [0.4, 0.5) is 11.4 Å². The fourth-order valence-corrected chi connectivity index (χ4v) is 2.84. The van der Waals surface area contributed by atoms with E-state index in [9.17, 15) is 0 Å². The van der Waals surface area contributed by atoms with E-state index >= 15 is 0 Å². The van der Waals surface area contributed by atoms with Crippen molar-refractivity contribution in [1.82, 2.24) is 0 Å². The number of aliphatic imine (C=N–C) groups is 1. The van der Waals surface area contributed by atoms with Gasteiger partial charge in [0.1, 0.15) is 0 Å². The molecule has 2 aromatic rings. The average Bonchev–Trinajstić information content (AvgIpc) is 2.62. The number of anilines is 1. The molecule has 0 spiro atoms. The van der Waals surface area contributed by atoms with Crippen molar-refractivity contribution in [1.29, 1.82) is 0 Å². The van der Waals surface area contributed by atoms with Crippen LogP contribution in [-0.4, -0.2) is 11.4 Å². The SMILES string of the molecule is CCC1(CC)Nc2ccccc2N=C1N=NCc1ccccc1. The molecule has 118 valence electrons. The summed E-state index contributed by atoms with van der Waals surface area (Å²) >= 11 is 0. The molecule has 1 aliphatic heterocycles. The molecule has 2 aromatic carbocycles. The molecular weight excluding hydrogens is 284 g/mol. The van der Waals surface area contributed by atoms with Crippen molar-refractivity contribution in [3.63, 3.8) is 0 Å². The number of rotatable bonds is 4. The summed E-state index contributed by atoms with van der Waals surface area (Å²) in [5, 5.41) is 12.5. The summed E-state index contributed by atoms with van der Waals surface area (Å²) in [5.74, 6) is 0.775. The molecule has 4 nitrogen and oxygen atoms in total. The number of amidine groups is 1. The minimum atomic E-state index is -0.242. The Kier molecular flexibility index (Phi) is 4.51. The molecule has 1 aliphatic rings. The molecule has 23 heavy (non-hydrogen) atoms. The van der Waals surface area contributed by atoms with Gasteiger partial charge in [0.2, 0.25) is 0 Å². The Bertz CT molecular complexity index is 715. The maximum Gasteiger partial charge on any atom is 0.176 e. The van der Waals surface area contributed by atoms with Gasteiger partial charge in [-0.15, -0.1) is 5.11 Å². The second kappa shape index (κ2) is 6.73. The zero-order valence-corrected chi connectivity index (χ0v) is 13.7. The number of hydrogen-bond acceptors (Lipinski definition) is 4. The lowest BCUT2D eigenvalue weighted by Gasteiger charge is -2.36. The van der Waals surface area contributed by atoms with Crippen LogP contribution >= 0.6 is 0 Å². The molecule has 1 N–H and O–H groups in total. The highest BCUT2D eigenvalue weighted by Gasteiger charge is 2.36. The Morgan fingerprint density at radius 1 is 0.957 bits per heavy atom. The highest BCUT2D eigenvalue weighted by Crippen LogP contribution is 2.36. The van der Waals surface area contributed by atoms with E-state index in [1.807, 2.05) is 36.4 Å². The van der Waals surface area contributed by atoms with Gasteiger partial charge in [0.15, 0.2) is 5.84 Å². The highest BCUT2D eigenvalue weighted by atomic mass is 15.2. The van der Waals surface area contributed by atoms with Crippen LogP contribution in [0, 0.1) is 0 Å². The lowest BCUT2D eigenvalue weighted by molar-refractivity contribution is 0.559. The first kappa shape index (κ1) is 15.4. The van der Waals surface area contributed by atoms with Gasteiger partial charge in [-0.25, -0.2) is 4.99 Å². The zero-order chi connectivity index (χ0) is 16.1. The molecule has 0 atom stereocenters. The molecule has 0 amide bonds. The summed E-state index contributed by atoms with van der Waals surface area (Å²) < 4.78 is 0. The molecule has 4 heteroatoms. The number of para-hydroxylation sites is 2. The number of fused-ring (bicyclic) bond motifs is 1. The highest BCUT2D eigenvalue weighted by molar-refractivity contribution is 6.00. The summed E-state index contributed by atoms with van der Waals surface area (Å²) in [5.41, 5.74) is 2.91. The van der Waals surface area contributed by atoms with Gasteiger partial charge in [-0.05, 0) is 30.5 Å². The van der Waals surface area contributed by atoms with Gasteiger partial charge in [0, 0.05) is 0 Å². The molecule has 0 unspecified atom stereocenters. The lowest BCUT2D eigenvalue weighted by Crippen LogP contribution is -2.46. The van der Waals surface area contributed by atoms with Gasteiger partial charge in [-0.3, -0.25) is 0 Å². The van der Waals surface area contributed by atoms with Gasteiger partial charge in [0.05, 0.1) is 23.5 Å². The summed E-state index contributed by atoms with van der Waals surface area (Å²) in [6.45, 7) is 4.89. The van der Waals surface area contributed by atoms with Crippen LogP contribution < -0.4 is 5.32 Å².